The van der Waals surface area contributed by atoms with Gasteiger partial charge >= 0.3 is 24.4 Å². The van der Waals surface area contributed by atoms with Crippen molar-refractivity contribution in [2.75, 3.05) is 31.6 Å². The molecule has 0 spiro atoms. The maximum Gasteiger partial charge on any atom is 0.490 e. The molecule has 0 bridgehead atoms. The normalized spacial score (nSPS) is 21.0. The lowest BCUT2D eigenvalue weighted by atomic mass is 9.92. The number of anilines is 1. The van der Waals surface area contributed by atoms with Gasteiger partial charge in [-0.15, -0.1) is 0 Å². The SMILES string of the molecule is CN1CCC(Oc2ccc3c(OC4CCC(N5C(=O)CN(c6cncc(C(F)(F)F)c6)C5=O)CC4)ncnc3c2)CC1.O=C(O)C(F)(F)F. The molecule has 2 aliphatic heterocycles. The van der Waals surface area contributed by atoms with E-state index in [-0.39, 0.29) is 30.5 Å². The molecule has 1 saturated carbocycles. The molecule has 3 amide bonds. The van der Waals surface area contributed by atoms with E-state index in [4.69, 9.17) is 19.4 Å². The molecule has 18 heteroatoms. The molecule has 0 atom stereocenters. The van der Waals surface area contributed by atoms with Crippen molar-refractivity contribution < 1.29 is 55.3 Å². The highest BCUT2D eigenvalue weighted by Crippen LogP contribution is 2.35. The number of nitrogens with zero attached hydrogens (tertiary/aromatic N) is 6. The van der Waals surface area contributed by atoms with Crippen LogP contribution in [0.25, 0.3) is 10.9 Å². The first-order valence-electron chi connectivity index (χ1n) is 15.3. The summed E-state index contributed by atoms with van der Waals surface area (Å²) >= 11 is 0. The molecule has 1 aromatic carbocycles. The van der Waals surface area contributed by atoms with Crippen molar-refractivity contribution in [2.45, 2.75) is 69.1 Å². The summed E-state index contributed by atoms with van der Waals surface area (Å²) in [6.45, 7) is 1.69. The number of amides is 3. The lowest BCUT2D eigenvalue weighted by molar-refractivity contribution is -0.192. The second kappa shape index (κ2) is 14.4. The number of hydrogen-bond acceptors (Lipinski definition) is 9. The number of halogens is 6. The number of rotatable bonds is 6. The van der Waals surface area contributed by atoms with Crippen LogP contribution in [-0.4, -0.2) is 98.9 Å². The molecule has 0 radical (unpaired) electrons. The number of pyridine rings is 1. The summed E-state index contributed by atoms with van der Waals surface area (Å²) in [7, 11) is 2.11. The molecule has 2 saturated heterocycles. The molecule has 0 unspecified atom stereocenters. The predicted molar refractivity (Wildman–Crippen MR) is 160 cm³/mol. The van der Waals surface area contributed by atoms with E-state index >= 15 is 0 Å². The molecule has 49 heavy (non-hydrogen) atoms. The number of hydrogen-bond donors (Lipinski definition) is 1. The zero-order valence-corrected chi connectivity index (χ0v) is 26.1. The molecule has 3 aliphatic rings. The van der Waals surface area contributed by atoms with Gasteiger partial charge in [-0.25, -0.2) is 19.6 Å². The van der Waals surface area contributed by atoms with Gasteiger partial charge in [0.1, 0.15) is 30.8 Å². The van der Waals surface area contributed by atoms with Gasteiger partial charge in [0.05, 0.1) is 28.4 Å². The minimum atomic E-state index is -5.08. The minimum Gasteiger partial charge on any atom is -0.490 e. The zero-order valence-electron chi connectivity index (χ0n) is 26.1. The van der Waals surface area contributed by atoms with Crippen LogP contribution in [0.1, 0.15) is 44.1 Å². The number of ether oxygens (including phenoxy) is 2. The third kappa shape index (κ3) is 8.65. The van der Waals surface area contributed by atoms with Gasteiger partial charge in [0.25, 0.3) is 5.91 Å². The maximum absolute atomic E-state index is 13.1. The van der Waals surface area contributed by atoms with Gasteiger partial charge in [-0.3, -0.25) is 19.6 Å². The Bertz CT molecular complexity index is 1670. The number of aliphatic carboxylic acids is 1. The number of carbonyl (C=O) groups is 3. The molecule has 12 nitrogen and oxygen atoms in total. The van der Waals surface area contributed by atoms with E-state index in [2.05, 4.69) is 26.9 Å². The van der Waals surface area contributed by atoms with Crippen LogP contribution in [0.3, 0.4) is 0 Å². The van der Waals surface area contributed by atoms with Crippen molar-refractivity contribution in [1.82, 2.24) is 24.8 Å². The number of likely N-dealkylation sites (tertiary alicyclic amines) is 1. The summed E-state index contributed by atoms with van der Waals surface area (Å²) in [5, 5.41) is 7.89. The topological polar surface area (TPSA) is 138 Å². The van der Waals surface area contributed by atoms with Crippen molar-refractivity contribution in [3.8, 4) is 11.6 Å². The summed E-state index contributed by atoms with van der Waals surface area (Å²) < 4.78 is 83.6. The van der Waals surface area contributed by atoms with Crippen LogP contribution < -0.4 is 14.4 Å². The number of carboxylic acids is 1. The molecule has 1 N–H and O–H groups in total. The van der Waals surface area contributed by atoms with Crippen LogP contribution in [0, 0.1) is 0 Å². The number of piperidine rings is 1. The number of carboxylic acid groups (broad SMARTS) is 1. The Kier molecular flexibility index (Phi) is 10.4. The highest BCUT2D eigenvalue weighted by Gasteiger charge is 2.43. The standard InChI is InChI=1S/C29H31F3N6O4.C2HF3O2/c1-36-10-8-22(9-11-36)41-23-6-7-24-25(13-23)34-17-35-27(24)42-21-4-2-19(3-5-21)38-26(39)16-37(28(38)40)20-12-18(14-33-15-20)29(30,31)32;3-2(4,5)1(6)7/h6-7,12-15,17,19,21-22H,2-5,8-11,16H2,1H3;(H,6,7). The first-order valence-corrected chi connectivity index (χ1v) is 15.3. The Morgan fingerprint density at radius 1 is 0.898 bits per heavy atom. The van der Waals surface area contributed by atoms with E-state index in [0.29, 0.717) is 37.8 Å². The quantitative estimate of drug-likeness (QED) is 0.266. The van der Waals surface area contributed by atoms with E-state index < -0.39 is 35.8 Å². The summed E-state index contributed by atoms with van der Waals surface area (Å²) in [5.74, 6) is -1.97. The van der Waals surface area contributed by atoms with Gasteiger partial charge in [0.2, 0.25) is 5.88 Å². The van der Waals surface area contributed by atoms with Crippen LogP contribution in [0.4, 0.5) is 36.8 Å². The van der Waals surface area contributed by atoms with Crippen LogP contribution in [0.5, 0.6) is 11.6 Å². The van der Waals surface area contributed by atoms with E-state index in [1.165, 1.54) is 11.2 Å². The number of urea groups is 1. The fourth-order valence-electron chi connectivity index (χ4n) is 5.86. The Hall–Kier alpha value is -4.74. The molecule has 2 aromatic heterocycles. The van der Waals surface area contributed by atoms with Crippen molar-refractivity contribution in [3.63, 3.8) is 0 Å². The van der Waals surface area contributed by atoms with Gasteiger partial charge in [0.15, 0.2) is 0 Å². The Balaban J connectivity index is 0.000000606. The Morgan fingerprint density at radius 3 is 2.18 bits per heavy atom. The lowest BCUT2D eigenvalue weighted by Gasteiger charge is -2.33. The van der Waals surface area contributed by atoms with Crippen LogP contribution in [0.2, 0.25) is 0 Å². The molecule has 4 heterocycles. The van der Waals surface area contributed by atoms with Crippen LogP contribution >= 0.6 is 0 Å². The van der Waals surface area contributed by atoms with E-state index in [0.717, 1.165) is 59.7 Å². The number of benzene rings is 1. The fraction of sp³-hybridized carbons (Fsp3) is 0.484. The number of carbonyl (C=O) groups excluding carboxylic acids is 2. The van der Waals surface area contributed by atoms with Gasteiger partial charge in [-0.05, 0) is 63.8 Å². The lowest BCUT2D eigenvalue weighted by Crippen LogP contribution is -2.44. The molecular formula is C31H32F6N6O6. The maximum atomic E-state index is 13.1. The fourth-order valence-corrected chi connectivity index (χ4v) is 5.86. The summed E-state index contributed by atoms with van der Waals surface area (Å²) in [6.07, 6.45) is -2.25. The monoisotopic (exact) mass is 698 g/mol. The van der Waals surface area contributed by atoms with Crippen molar-refractivity contribution in [1.29, 1.82) is 0 Å². The molecule has 3 fully saturated rings. The predicted octanol–water partition coefficient (Wildman–Crippen LogP) is 5.31. The number of aromatic nitrogens is 3. The molecule has 6 rings (SSSR count). The van der Waals surface area contributed by atoms with Crippen LogP contribution in [0.15, 0.2) is 43.0 Å². The van der Waals surface area contributed by atoms with Crippen molar-refractivity contribution >= 4 is 34.5 Å². The van der Waals surface area contributed by atoms with Crippen molar-refractivity contribution in [2.24, 2.45) is 0 Å². The van der Waals surface area contributed by atoms with Gasteiger partial charge in [-0.2, -0.15) is 26.3 Å². The van der Waals surface area contributed by atoms with Crippen molar-refractivity contribution in [3.05, 3.63) is 48.5 Å². The second-order valence-corrected chi connectivity index (χ2v) is 11.9. The highest BCUT2D eigenvalue weighted by molar-refractivity contribution is 6.12. The number of imide groups is 1. The third-order valence-electron chi connectivity index (χ3n) is 8.43. The second-order valence-electron chi connectivity index (χ2n) is 11.9. The highest BCUT2D eigenvalue weighted by atomic mass is 19.4. The average molecular weight is 699 g/mol. The van der Waals surface area contributed by atoms with Crippen LogP contribution in [-0.2, 0) is 15.8 Å². The Morgan fingerprint density at radius 2 is 1.55 bits per heavy atom. The van der Waals surface area contributed by atoms with Gasteiger partial charge < -0.3 is 19.5 Å². The molecule has 1 aliphatic carbocycles. The number of alkyl halides is 6. The van der Waals surface area contributed by atoms with E-state index in [1.54, 1.807) is 0 Å². The van der Waals surface area contributed by atoms with Gasteiger partial charge in [0, 0.05) is 31.4 Å². The Labute approximate surface area is 275 Å². The minimum absolute atomic E-state index is 0.0572. The largest absolute Gasteiger partial charge is 0.490 e. The molecule has 264 valence electrons. The molecule has 3 aromatic rings. The van der Waals surface area contributed by atoms with E-state index in [1.807, 2.05) is 18.2 Å². The first kappa shape index (κ1) is 35.6. The van der Waals surface area contributed by atoms with E-state index in [9.17, 15) is 35.9 Å². The zero-order chi connectivity index (χ0) is 35.5. The number of fused-ring (bicyclic) bond motifs is 1. The average Bonchev–Trinajstić information content (AvgIpc) is 3.35. The molecular weight excluding hydrogens is 666 g/mol. The summed E-state index contributed by atoms with van der Waals surface area (Å²) in [5.41, 5.74) is -0.315. The summed E-state index contributed by atoms with van der Waals surface area (Å²) in [4.78, 5) is 51.7. The first-order chi connectivity index (χ1) is 23.1. The smallest absolute Gasteiger partial charge is 0.490 e. The summed E-state index contributed by atoms with van der Waals surface area (Å²) in [6, 6.07) is 5.54. The third-order valence-corrected chi connectivity index (χ3v) is 8.43. The van der Waals surface area contributed by atoms with Gasteiger partial charge in [-0.1, -0.05) is 0 Å².